The number of carboxylic acids is 1. The van der Waals surface area contributed by atoms with Crippen LogP contribution in [0.4, 0.5) is 0 Å². The lowest BCUT2D eigenvalue weighted by atomic mass is 9.96. The molecule has 104 heavy (non-hydrogen) atoms. The number of aliphatic carboxylic acids is 1. The molecule has 40 heteroatoms. The SMILES string of the molecule is CC[C@H](C)[C@H](NC(=O)CNC(=O)[C@H](C)NC(=O)[C@H](C)NC(=O)[C@H](Cc1cnc[nH]1)NC(=O)[C@H](CC(N)=O)NC(=O)CNC(=O)[C@H](CO)NC(=O)[C@H](C)NC(=O)[C@H](CCC(N)=O)NC(=O)[C@H](CC(C)C)NC(=O)[C@@H](N)CC(C)C)C(=O)N[C@@H](CC(C)C)C(=O)N[C@H](C(=O)N[C@@H](CCSC)C(=O)O)[C@@H](C)O. The van der Waals surface area contributed by atoms with Crippen LogP contribution in [0.2, 0.25) is 0 Å². The molecule has 0 radical (unpaired) electrons. The van der Waals surface area contributed by atoms with Crippen molar-refractivity contribution >= 4 is 112 Å². The Labute approximate surface area is 607 Å². The third-order valence-corrected chi connectivity index (χ3v) is 16.4. The Kier molecular flexibility index (Phi) is 41.7. The highest BCUT2D eigenvalue weighted by molar-refractivity contribution is 7.98. The topological polar surface area (TPSA) is 626 Å². The number of hydrogen-bond donors (Lipinski definition) is 21. The number of aromatic amines is 1. The molecule has 15 atom stereocenters. The number of aliphatic hydroxyl groups is 2. The Balaban J connectivity index is 3.12. The van der Waals surface area contributed by atoms with Crippen LogP contribution in [0.25, 0.3) is 0 Å². The summed E-state index contributed by atoms with van der Waals surface area (Å²) < 4.78 is 0. The van der Waals surface area contributed by atoms with Gasteiger partial charge in [-0.15, -0.1) is 0 Å². The van der Waals surface area contributed by atoms with Gasteiger partial charge < -0.3 is 112 Å². The van der Waals surface area contributed by atoms with Gasteiger partial charge in [0.15, 0.2) is 0 Å². The average molecular weight is 1500 g/mol. The van der Waals surface area contributed by atoms with Crippen molar-refractivity contribution in [3.05, 3.63) is 18.2 Å². The van der Waals surface area contributed by atoms with Gasteiger partial charge in [-0.3, -0.25) is 76.7 Å². The number of nitrogens with two attached hydrogens (primary N) is 3. The summed E-state index contributed by atoms with van der Waals surface area (Å²) >= 11 is 1.35. The third kappa shape index (κ3) is 35.1. The van der Waals surface area contributed by atoms with E-state index in [0.717, 1.165) is 0 Å². The molecule has 0 unspecified atom stereocenters. The van der Waals surface area contributed by atoms with E-state index in [-0.39, 0.29) is 55.6 Å². The van der Waals surface area contributed by atoms with Crippen molar-refractivity contribution in [2.45, 2.75) is 226 Å². The van der Waals surface area contributed by atoms with Gasteiger partial charge in [0.1, 0.15) is 72.5 Å². The minimum Gasteiger partial charge on any atom is -0.480 e. The molecule has 0 saturated carbocycles. The zero-order valence-corrected chi connectivity index (χ0v) is 61.9. The van der Waals surface area contributed by atoms with E-state index in [0.29, 0.717) is 18.6 Å². The molecule has 1 heterocycles. The standard InChI is InChI=1S/C64H109N19O20S/c1-14-32(8)50(62(100)80-42(21-31(6)7)61(99)83-51(36(12)85)63(101)77-40(64(102)103)17-18-104-13)82-49(89)26-69-52(90)33(9)72-53(91)34(10)74-58(96)43(22-37-24-68-28-71-37)79-60(98)44(23-47(67)87)75-48(88)25-70-56(94)45(27-84)81-54(92)35(11)73-57(95)39(15-16-46(66)86)76-59(97)41(20-30(4)5)78-55(93)38(65)19-29(2)3/h24,28-36,38-45,50-51,84-85H,14-23,25-27,65H2,1-13H3,(H2,66,86)(H2,67,87)(H,68,71)(H,69,90)(H,70,94)(H,72,91)(H,73,95)(H,74,96)(H,75,88)(H,76,97)(H,77,101)(H,78,93)(H,79,98)(H,80,100)(H,81,92)(H,82,89)(H,83,99)(H,102,103)/t32-,33-,34-,35-,36+,38-,39-,40-,41-,42-,43-,44-,45-,50-,51-/m0/s1. The molecule has 0 aromatic carbocycles. The molecule has 0 saturated heterocycles. The number of thioether (sulfide) groups is 1. The Morgan fingerprint density at radius 1 is 0.481 bits per heavy atom. The van der Waals surface area contributed by atoms with Crippen LogP contribution in [0.1, 0.15) is 140 Å². The second-order valence-electron chi connectivity index (χ2n) is 26.5. The molecule has 0 spiro atoms. The Bertz CT molecular complexity index is 3100. The number of aromatic nitrogens is 2. The molecule has 0 aliphatic heterocycles. The van der Waals surface area contributed by atoms with Gasteiger partial charge in [0.05, 0.1) is 44.6 Å². The van der Waals surface area contributed by atoms with E-state index in [1.54, 1.807) is 47.8 Å². The first-order valence-electron chi connectivity index (χ1n) is 34.0. The van der Waals surface area contributed by atoms with E-state index >= 15 is 0 Å². The van der Waals surface area contributed by atoms with E-state index in [9.17, 15) is 96.8 Å². The number of hydrogen-bond acceptors (Lipinski definition) is 22. The number of imidazole rings is 1. The van der Waals surface area contributed by atoms with Gasteiger partial charge in [-0.2, -0.15) is 11.8 Å². The molecule has 0 bridgehead atoms. The van der Waals surface area contributed by atoms with Crippen molar-refractivity contribution < 1.29 is 96.8 Å². The van der Waals surface area contributed by atoms with Crippen molar-refractivity contribution in [2.75, 3.05) is 31.7 Å². The maximum atomic E-state index is 13.9. The molecular weight excluding hydrogens is 1390 g/mol. The third-order valence-electron chi connectivity index (χ3n) is 15.7. The molecule has 1 rings (SSSR count). The number of nitrogens with zero attached hydrogens (tertiary/aromatic N) is 1. The summed E-state index contributed by atoms with van der Waals surface area (Å²) in [6.45, 7) is 16.2. The minimum absolute atomic E-state index is 0.0222. The number of carbonyl (C=O) groups excluding carboxylic acids is 16. The summed E-state index contributed by atoms with van der Waals surface area (Å²) in [7, 11) is 0. The highest BCUT2D eigenvalue weighted by atomic mass is 32.2. The van der Waals surface area contributed by atoms with Crippen molar-refractivity contribution in [2.24, 2.45) is 40.9 Å². The molecule has 1 aromatic heterocycles. The monoisotopic (exact) mass is 1500 g/mol. The molecule has 0 fully saturated rings. The number of carbonyl (C=O) groups is 17. The van der Waals surface area contributed by atoms with E-state index in [4.69, 9.17) is 17.2 Å². The van der Waals surface area contributed by atoms with Gasteiger partial charge in [-0.25, -0.2) is 9.78 Å². The van der Waals surface area contributed by atoms with Crippen LogP contribution in [-0.4, -0.2) is 242 Å². The quantitative estimate of drug-likeness (QED) is 0.0288. The fourth-order valence-corrected chi connectivity index (χ4v) is 10.2. The van der Waals surface area contributed by atoms with Crippen LogP contribution in [0, 0.1) is 23.7 Å². The molecule has 0 aliphatic rings. The average Bonchev–Trinajstić information content (AvgIpc) is 1.69. The second-order valence-corrected chi connectivity index (χ2v) is 27.5. The van der Waals surface area contributed by atoms with Gasteiger partial charge in [0, 0.05) is 24.7 Å². The van der Waals surface area contributed by atoms with E-state index < -0.39 is 224 Å². The van der Waals surface area contributed by atoms with Crippen LogP contribution >= 0.6 is 11.8 Å². The smallest absolute Gasteiger partial charge is 0.326 e. The maximum absolute atomic E-state index is 13.9. The summed E-state index contributed by atoms with van der Waals surface area (Å²) in [5.74, 6) is -17.1. The van der Waals surface area contributed by atoms with Crippen LogP contribution < -0.4 is 91.6 Å². The number of rotatable bonds is 49. The summed E-state index contributed by atoms with van der Waals surface area (Å²) in [6, 6.07) is -18.7. The largest absolute Gasteiger partial charge is 0.480 e. The van der Waals surface area contributed by atoms with E-state index in [1.807, 2.05) is 13.8 Å². The number of nitrogens with one attached hydrogen (secondary N) is 15. The molecule has 39 nitrogen and oxygen atoms in total. The van der Waals surface area contributed by atoms with Gasteiger partial charge in [-0.05, 0) is 95.5 Å². The lowest BCUT2D eigenvalue weighted by molar-refractivity contribution is -0.143. The lowest BCUT2D eigenvalue weighted by Gasteiger charge is -2.29. The second kappa shape index (κ2) is 46.9. The molecule has 24 N–H and O–H groups in total. The van der Waals surface area contributed by atoms with Crippen LogP contribution in [0.15, 0.2) is 12.5 Å². The highest BCUT2D eigenvalue weighted by Gasteiger charge is 2.37. The highest BCUT2D eigenvalue weighted by Crippen LogP contribution is 2.14. The Hall–Kier alpha value is -9.57. The van der Waals surface area contributed by atoms with E-state index in [2.05, 4.69) is 84.4 Å². The van der Waals surface area contributed by atoms with Gasteiger partial charge in [0.2, 0.25) is 94.5 Å². The summed E-state index contributed by atoms with van der Waals surface area (Å²) in [5, 5.41) is 63.5. The molecule has 1 aromatic rings. The maximum Gasteiger partial charge on any atom is 0.326 e. The Morgan fingerprint density at radius 2 is 0.923 bits per heavy atom. The van der Waals surface area contributed by atoms with Gasteiger partial charge >= 0.3 is 5.97 Å². The lowest BCUT2D eigenvalue weighted by Crippen LogP contribution is -2.61. The predicted octanol–water partition coefficient (Wildman–Crippen LogP) is -7.07. The predicted molar refractivity (Wildman–Crippen MR) is 376 cm³/mol. The fourth-order valence-electron chi connectivity index (χ4n) is 9.75. The van der Waals surface area contributed by atoms with Crippen LogP contribution in [0.3, 0.4) is 0 Å². The van der Waals surface area contributed by atoms with Gasteiger partial charge in [-0.1, -0.05) is 61.8 Å². The molecule has 586 valence electrons. The zero-order valence-electron chi connectivity index (χ0n) is 61.1. The minimum atomic E-state index is -1.83. The number of H-pyrrole nitrogens is 1. The first-order valence-corrected chi connectivity index (χ1v) is 35.4. The van der Waals surface area contributed by atoms with Crippen molar-refractivity contribution in [1.82, 2.24) is 84.4 Å². The number of primary amides is 2. The molecular formula is C64H109N19O20S. The van der Waals surface area contributed by atoms with Crippen molar-refractivity contribution in [3.63, 3.8) is 0 Å². The number of aliphatic hydroxyl groups excluding tert-OH is 2. The fraction of sp³-hybridized carbons (Fsp3) is 0.688. The Morgan fingerprint density at radius 3 is 1.41 bits per heavy atom. The summed E-state index contributed by atoms with van der Waals surface area (Å²) in [6.07, 6.45) is 1.69. The van der Waals surface area contributed by atoms with Crippen LogP contribution in [0.5, 0.6) is 0 Å². The van der Waals surface area contributed by atoms with Crippen molar-refractivity contribution in [3.8, 4) is 0 Å². The van der Waals surface area contributed by atoms with Gasteiger partial charge in [0.25, 0.3) is 0 Å². The van der Waals surface area contributed by atoms with Crippen LogP contribution in [-0.2, 0) is 87.9 Å². The van der Waals surface area contributed by atoms with Crippen molar-refractivity contribution in [1.29, 1.82) is 0 Å². The van der Waals surface area contributed by atoms with E-state index in [1.165, 1.54) is 52.0 Å². The first kappa shape index (κ1) is 92.4. The molecule has 0 aliphatic carbocycles. The zero-order chi connectivity index (χ0) is 79.4. The number of amides is 16. The number of carboxylic acid groups (broad SMARTS) is 1. The summed E-state index contributed by atoms with van der Waals surface area (Å²) in [5.41, 5.74) is 17.0. The normalized spacial score (nSPS) is 15.5. The first-order chi connectivity index (χ1) is 48.5. The summed E-state index contributed by atoms with van der Waals surface area (Å²) in [4.78, 5) is 231. The molecule has 16 amide bonds.